The largest absolute Gasteiger partial charge is 0.464 e. The van der Waals surface area contributed by atoms with Crippen molar-refractivity contribution in [2.45, 2.75) is 13.0 Å². The van der Waals surface area contributed by atoms with Gasteiger partial charge in [-0.25, -0.2) is 9.69 Å². The van der Waals surface area contributed by atoms with Gasteiger partial charge in [-0.3, -0.25) is 24.7 Å². The van der Waals surface area contributed by atoms with Crippen molar-refractivity contribution in [2.75, 3.05) is 17.0 Å². The van der Waals surface area contributed by atoms with Gasteiger partial charge in [0.25, 0.3) is 11.6 Å². The van der Waals surface area contributed by atoms with Crippen LogP contribution >= 0.6 is 0 Å². The van der Waals surface area contributed by atoms with Gasteiger partial charge in [0.1, 0.15) is 12.0 Å². The molecule has 152 valence electrons. The van der Waals surface area contributed by atoms with E-state index in [1.807, 2.05) is 19.1 Å². The van der Waals surface area contributed by atoms with E-state index in [-0.39, 0.29) is 17.1 Å². The van der Waals surface area contributed by atoms with E-state index in [0.717, 1.165) is 10.5 Å². The molecular weight excluding hydrogens is 392 g/mol. The second kappa shape index (κ2) is 7.07. The third-order valence-corrected chi connectivity index (χ3v) is 5.12. The highest BCUT2D eigenvalue weighted by molar-refractivity contribution is 6.47. The first kappa shape index (κ1) is 19.2. The van der Waals surface area contributed by atoms with Gasteiger partial charge >= 0.3 is 5.97 Å². The summed E-state index contributed by atoms with van der Waals surface area (Å²) in [7, 11) is 1.17. The molecule has 10 heteroatoms. The molecule has 30 heavy (non-hydrogen) atoms. The molecule has 0 aromatic heterocycles. The minimum Gasteiger partial charge on any atom is -0.464 e. The number of hydrogen-bond donors (Lipinski definition) is 0. The number of hydrazone groups is 1. The van der Waals surface area contributed by atoms with Gasteiger partial charge in [-0.1, -0.05) is 18.2 Å². The predicted octanol–water partition coefficient (Wildman–Crippen LogP) is 1.81. The number of nitro groups is 1. The van der Waals surface area contributed by atoms with Gasteiger partial charge in [0.2, 0.25) is 5.91 Å². The number of rotatable bonds is 4. The first-order valence-corrected chi connectivity index (χ1v) is 8.99. The summed E-state index contributed by atoms with van der Waals surface area (Å²) in [6.45, 7) is 1.82. The molecule has 4 rings (SSSR count). The number of carbonyl (C=O) groups excluding carboxylic acids is 3. The number of methoxy groups -OCH3 is 1. The fourth-order valence-corrected chi connectivity index (χ4v) is 3.68. The van der Waals surface area contributed by atoms with Gasteiger partial charge in [0.05, 0.1) is 23.4 Å². The normalized spacial score (nSPS) is 20.3. The summed E-state index contributed by atoms with van der Waals surface area (Å²) in [5.74, 6) is -3.16. The van der Waals surface area contributed by atoms with E-state index in [9.17, 15) is 24.5 Å². The molecule has 0 unspecified atom stereocenters. The molecule has 10 nitrogen and oxygen atoms in total. The minimum absolute atomic E-state index is 0.159. The molecule has 2 aromatic rings. The average Bonchev–Trinajstić information content (AvgIpc) is 3.25. The Morgan fingerprint density at radius 3 is 2.37 bits per heavy atom. The van der Waals surface area contributed by atoms with Gasteiger partial charge in [-0.2, -0.15) is 5.10 Å². The van der Waals surface area contributed by atoms with Crippen LogP contribution in [0.1, 0.15) is 5.56 Å². The predicted molar refractivity (Wildman–Crippen MR) is 106 cm³/mol. The second-order valence-electron chi connectivity index (χ2n) is 6.82. The van der Waals surface area contributed by atoms with Gasteiger partial charge in [-0.15, -0.1) is 0 Å². The summed E-state index contributed by atoms with van der Waals surface area (Å²) in [6, 6.07) is 11.2. The molecule has 1 saturated heterocycles. The Morgan fingerprint density at radius 1 is 1.10 bits per heavy atom. The van der Waals surface area contributed by atoms with Crippen LogP contribution in [0.2, 0.25) is 0 Å². The Morgan fingerprint density at radius 2 is 1.77 bits per heavy atom. The SMILES string of the molecule is COC(=O)C1=NN(c2ccccc2C)[C@@H]2C(=O)N(c3ccc([N+](=O)[O-])cc3)C(=O)[C@H]12. The molecule has 2 amide bonds. The molecule has 0 bridgehead atoms. The van der Waals surface area contributed by atoms with E-state index < -0.39 is 34.7 Å². The smallest absolute Gasteiger partial charge is 0.355 e. The van der Waals surface area contributed by atoms with Crippen LogP contribution < -0.4 is 9.91 Å². The molecule has 2 aromatic carbocycles. The monoisotopic (exact) mass is 408 g/mol. The van der Waals surface area contributed by atoms with Gasteiger partial charge < -0.3 is 4.74 Å². The molecule has 2 aliphatic heterocycles. The molecule has 1 fully saturated rings. The number of amides is 2. The zero-order valence-corrected chi connectivity index (χ0v) is 16.0. The topological polar surface area (TPSA) is 122 Å². The molecule has 2 aliphatic rings. The zero-order chi connectivity index (χ0) is 21.6. The number of esters is 1. The summed E-state index contributed by atoms with van der Waals surface area (Å²) in [4.78, 5) is 50.0. The standard InChI is InChI=1S/C20H16N4O6/c1-11-5-3-4-6-14(11)23-17-15(16(21-23)20(27)30-2)18(25)22(19(17)26)12-7-9-13(10-8-12)24(28)29/h3-10,15,17H,1-2H3/t15-,17+/m1/s1. The Hall–Kier alpha value is -4.08. The summed E-state index contributed by atoms with van der Waals surface area (Å²) < 4.78 is 4.77. The van der Waals surface area contributed by atoms with Gasteiger partial charge in [0, 0.05) is 12.1 Å². The highest BCUT2D eigenvalue weighted by Crippen LogP contribution is 2.39. The van der Waals surface area contributed by atoms with Crippen molar-refractivity contribution in [1.82, 2.24) is 0 Å². The number of nitrogens with zero attached hydrogens (tertiary/aromatic N) is 4. The van der Waals surface area contributed by atoms with E-state index in [0.29, 0.717) is 5.69 Å². The minimum atomic E-state index is -1.14. The number of imide groups is 1. The lowest BCUT2D eigenvalue weighted by Crippen LogP contribution is -2.39. The molecule has 2 atom stereocenters. The Balaban J connectivity index is 1.79. The van der Waals surface area contributed by atoms with Crippen molar-refractivity contribution in [3.63, 3.8) is 0 Å². The number of nitro benzene ring substituents is 1. The number of non-ortho nitro benzene ring substituents is 1. The number of carbonyl (C=O) groups is 3. The van der Waals surface area contributed by atoms with Crippen LogP contribution in [-0.2, 0) is 19.1 Å². The van der Waals surface area contributed by atoms with Crippen molar-refractivity contribution < 1.29 is 24.0 Å². The van der Waals surface area contributed by atoms with E-state index in [1.54, 1.807) is 12.1 Å². The fourth-order valence-electron chi connectivity index (χ4n) is 3.68. The van der Waals surface area contributed by atoms with Gasteiger partial charge in [-0.05, 0) is 30.7 Å². The fraction of sp³-hybridized carbons (Fsp3) is 0.200. The number of fused-ring (bicyclic) bond motifs is 1. The number of ether oxygens (including phenoxy) is 1. The first-order valence-electron chi connectivity index (χ1n) is 8.99. The van der Waals surface area contributed by atoms with Gasteiger partial charge in [0.15, 0.2) is 5.71 Å². The molecular formula is C20H16N4O6. The Labute approximate surface area is 170 Å². The van der Waals surface area contributed by atoms with Crippen molar-refractivity contribution in [2.24, 2.45) is 11.0 Å². The van der Waals surface area contributed by atoms with Crippen LogP contribution in [0.3, 0.4) is 0 Å². The number of aryl methyl sites for hydroxylation is 1. The van der Waals surface area contributed by atoms with Crippen molar-refractivity contribution >= 4 is 40.6 Å². The summed E-state index contributed by atoms with van der Waals surface area (Å²) in [5, 5.41) is 16.5. The molecule has 0 aliphatic carbocycles. The molecule has 0 saturated carbocycles. The maximum Gasteiger partial charge on any atom is 0.355 e. The Kier molecular flexibility index (Phi) is 4.53. The highest BCUT2D eigenvalue weighted by atomic mass is 16.6. The Bertz CT molecular complexity index is 1110. The van der Waals surface area contributed by atoms with Crippen LogP contribution in [0, 0.1) is 23.0 Å². The van der Waals surface area contributed by atoms with E-state index in [2.05, 4.69) is 5.10 Å². The number of anilines is 2. The lowest BCUT2D eigenvalue weighted by atomic mass is 9.97. The lowest BCUT2D eigenvalue weighted by Gasteiger charge is -2.23. The summed E-state index contributed by atoms with van der Waals surface area (Å²) in [6.07, 6.45) is 0. The second-order valence-corrected chi connectivity index (χ2v) is 6.82. The number of hydrogen-bond acceptors (Lipinski definition) is 8. The van der Waals surface area contributed by atoms with Crippen LogP contribution in [-0.4, -0.2) is 41.6 Å². The van der Waals surface area contributed by atoms with E-state index in [1.165, 1.54) is 36.4 Å². The maximum atomic E-state index is 13.3. The molecule has 0 spiro atoms. The average molecular weight is 408 g/mol. The molecule has 0 N–H and O–H groups in total. The van der Waals surface area contributed by atoms with Crippen LogP contribution in [0.5, 0.6) is 0 Å². The third-order valence-electron chi connectivity index (χ3n) is 5.12. The lowest BCUT2D eigenvalue weighted by molar-refractivity contribution is -0.384. The zero-order valence-electron chi connectivity index (χ0n) is 16.0. The summed E-state index contributed by atoms with van der Waals surface area (Å²) >= 11 is 0. The van der Waals surface area contributed by atoms with E-state index in [4.69, 9.17) is 4.74 Å². The number of benzene rings is 2. The van der Waals surface area contributed by atoms with Crippen LogP contribution in [0.25, 0.3) is 0 Å². The van der Waals surface area contributed by atoms with Crippen molar-refractivity contribution in [3.05, 3.63) is 64.2 Å². The third kappa shape index (κ3) is 2.81. The molecule has 0 radical (unpaired) electrons. The quantitative estimate of drug-likeness (QED) is 0.327. The maximum absolute atomic E-state index is 13.3. The van der Waals surface area contributed by atoms with Crippen molar-refractivity contribution in [3.8, 4) is 0 Å². The molecule has 2 heterocycles. The summed E-state index contributed by atoms with van der Waals surface area (Å²) in [5.41, 5.74) is 1.24. The first-order chi connectivity index (χ1) is 14.3. The van der Waals surface area contributed by atoms with Crippen LogP contribution in [0.4, 0.5) is 17.1 Å². The number of para-hydroxylation sites is 1. The van der Waals surface area contributed by atoms with Crippen molar-refractivity contribution in [1.29, 1.82) is 0 Å². The highest BCUT2D eigenvalue weighted by Gasteiger charge is 2.59. The van der Waals surface area contributed by atoms with Crippen LogP contribution in [0.15, 0.2) is 53.6 Å². The van der Waals surface area contributed by atoms with E-state index >= 15 is 0 Å².